The first-order valence-electron chi connectivity index (χ1n) is 3.87. The minimum atomic E-state index is 1.00. The predicted molar refractivity (Wildman–Crippen MR) is 48.9 cm³/mol. The van der Waals surface area contributed by atoms with Crippen molar-refractivity contribution in [2.45, 2.75) is 0 Å². The van der Waals surface area contributed by atoms with Gasteiger partial charge < -0.3 is 9.84 Å². The highest BCUT2D eigenvalue weighted by molar-refractivity contribution is 5.47. The van der Waals surface area contributed by atoms with E-state index < -0.39 is 0 Å². The van der Waals surface area contributed by atoms with E-state index in [2.05, 4.69) is 4.74 Å². The lowest BCUT2D eigenvalue weighted by atomic mass is 10.2. The van der Waals surface area contributed by atoms with Gasteiger partial charge in [-0.05, 0) is 11.6 Å². The van der Waals surface area contributed by atoms with Crippen molar-refractivity contribution >= 4 is 6.08 Å². The van der Waals surface area contributed by atoms with E-state index in [4.69, 9.17) is 5.11 Å². The van der Waals surface area contributed by atoms with Crippen LogP contribution in [0.25, 0.3) is 6.08 Å². The summed E-state index contributed by atoms with van der Waals surface area (Å²) in [4.78, 5) is 0. The number of hydrogen-bond donors (Lipinski definition) is 1. The average Bonchev–Trinajstić information content (AvgIpc) is 2.93. The zero-order chi connectivity index (χ0) is 8.65. The van der Waals surface area contributed by atoms with Crippen LogP contribution in [0.5, 0.6) is 0 Å². The van der Waals surface area contributed by atoms with Gasteiger partial charge in [0.25, 0.3) is 0 Å². The molecule has 1 fully saturated rings. The number of aliphatic hydroxyl groups is 1. The van der Waals surface area contributed by atoms with Crippen LogP contribution in [-0.2, 0) is 4.74 Å². The fraction of sp³-hybridized carbons (Fsp3) is 0.200. The molecule has 1 aliphatic heterocycles. The van der Waals surface area contributed by atoms with Gasteiger partial charge in [0.1, 0.15) is 0 Å². The first-order chi connectivity index (χ1) is 5.93. The molecule has 1 aliphatic rings. The standard InChI is InChI=1S/C8H8O.C2H4O/c9-7-6-8-4-2-1-3-5-8;1-2-3-1/h1-7,9H;1-2H2. The maximum absolute atomic E-state index is 8.34. The van der Waals surface area contributed by atoms with Crippen LogP contribution in [0.2, 0.25) is 0 Å². The summed E-state index contributed by atoms with van der Waals surface area (Å²) in [5, 5.41) is 8.34. The van der Waals surface area contributed by atoms with E-state index in [-0.39, 0.29) is 0 Å². The fourth-order valence-corrected chi connectivity index (χ4v) is 0.650. The highest BCUT2D eigenvalue weighted by Gasteiger charge is 1.94. The predicted octanol–water partition coefficient (Wildman–Crippen LogP) is 2.23. The van der Waals surface area contributed by atoms with Crippen molar-refractivity contribution in [3.63, 3.8) is 0 Å². The van der Waals surface area contributed by atoms with Crippen LogP contribution in [0.3, 0.4) is 0 Å². The molecule has 0 bridgehead atoms. The summed E-state index contributed by atoms with van der Waals surface area (Å²) in [5.74, 6) is 0. The molecule has 64 valence electrons. The van der Waals surface area contributed by atoms with Gasteiger partial charge >= 0.3 is 0 Å². The third kappa shape index (κ3) is 4.52. The molecule has 0 atom stereocenters. The van der Waals surface area contributed by atoms with Crippen LogP contribution in [-0.4, -0.2) is 18.3 Å². The quantitative estimate of drug-likeness (QED) is 0.510. The lowest BCUT2D eigenvalue weighted by molar-refractivity contribution is 0.475. The van der Waals surface area contributed by atoms with Crippen molar-refractivity contribution in [3.05, 3.63) is 42.2 Å². The summed E-state index contributed by atoms with van der Waals surface area (Å²) in [6, 6.07) is 9.64. The van der Waals surface area contributed by atoms with Gasteiger partial charge in [0, 0.05) is 0 Å². The van der Waals surface area contributed by atoms with E-state index in [0.717, 1.165) is 25.0 Å². The van der Waals surface area contributed by atoms with Crippen LogP contribution in [0.4, 0.5) is 0 Å². The van der Waals surface area contributed by atoms with Crippen molar-refractivity contribution in [1.29, 1.82) is 0 Å². The van der Waals surface area contributed by atoms with Gasteiger partial charge in [0.15, 0.2) is 0 Å². The van der Waals surface area contributed by atoms with Crippen molar-refractivity contribution in [2.24, 2.45) is 0 Å². The Bertz CT molecular complexity index is 224. The van der Waals surface area contributed by atoms with Gasteiger partial charge in [0.2, 0.25) is 0 Å². The first-order valence-corrected chi connectivity index (χ1v) is 3.87. The fourth-order valence-electron chi connectivity index (χ4n) is 0.650. The zero-order valence-corrected chi connectivity index (χ0v) is 6.81. The zero-order valence-electron chi connectivity index (χ0n) is 6.81. The second-order valence-electron chi connectivity index (χ2n) is 2.34. The molecule has 0 amide bonds. The van der Waals surface area contributed by atoms with Crippen LogP contribution in [0.15, 0.2) is 36.6 Å². The van der Waals surface area contributed by atoms with Crippen LogP contribution in [0.1, 0.15) is 5.56 Å². The van der Waals surface area contributed by atoms with E-state index in [1.54, 1.807) is 6.08 Å². The van der Waals surface area contributed by atoms with E-state index in [1.807, 2.05) is 30.3 Å². The number of benzene rings is 1. The van der Waals surface area contributed by atoms with Crippen molar-refractivity contribution in [1.82, 2.24) is 0 Å². The Labute approximate surface area is 72.1 Å². The Morgan fingerprint density at radius 2 is 1.75 bits per heavy atom. The minimum Gasteiger partial charge on any atom is -0.516 e. The summed E-state index contributed by atoms with van der Waals surface area (Å²) in [6.07, 6.45) is 2.68. The number of aliphatic hydroxyl groups excluding tert-OH is 1. The van der Waals surface area contributed by atoms with Gasteiger partial charge in [-0.1, -0.05) is 30.3 Å². The Morgan fingerprint density at radius 3 is 2.17 bits per heavy atom. The van der Waals surface area contributed by atoms with E-state index in [1.165, 1.54) is 0 Å². The highest BCUT2D eigenvalue weighted by Crippen LogP contribution is 1.98. The molecule has 2 heteroatoms. The van der Waals surface area contributed by atoms with Crippen LogP contribution < -0.4 is 0 Å². The third-order valence-electron chi connectivity index (χ3n) is 1.27. The number of hydrogen-bond acceptors (Lipinski definition) is 2. The van der Waals surface area contributed by atoms with Gasteiger partial charge in [0.05, 0.1) is 19.5 Å². The minimum absolute atomic E-state index is 1.00. The molecule has 1 aromatic rings. The number of rotatable bonds is 1. The molecule has 1 saturated heterocycles. The molecular weight excluding hydrogens is 152 g/mol. The van der Waals surface area contributed by atoms with Crippen molar-refractivity contribution in [3.8, 4) is 0 Å². The molecule has 0 aromatic heterocycles. The van der Waals surface area contributed by atoms with Crippen LogP contribution in [0, 0.1) is 0 Å². The average molecular weight is 164 g/mol. The molecule has 2 rings (SSSR count). The molecule has 1 heterocycles. The van der Waals surface area contributed by atoms with Gasteiger partial charge in [-0.25, -0.2) is 0 Å². The maximum Gasteiger partial charge on any atom is 0.0797 e. The normalized spacial score (nSPS) is 13.7. The first kappa shape index (κ1) is 8.81. The van der Waals surface area contributed by atoms with Crippen molar-refractivity contribution < 1.29 is 9.84 Å². The molecule has 0 spiro atoms. The third-order valence-corrected chi connectivity index (χ3v) is 1.27. The lowest BCUT2D eigenvalue weighted by Crippen LogP contribution is -1.66. The largest absolute Gasteiger partial charge is 0.516 e. The molecular formula is C10H12O2. The Morgan fingerprint density at radius 1 is 1.17 bits per heavy atom. The molecule has 1 aromatic carbocycles. The SMILES string of the molecule is C1CO1.OC=Cc1ccccc1. The topological polar surface area (TPSA) is 32.8 Å². The van der Waals surface area contributed by atoms with Crippen molar-refractivity contribution in [2.75, 3.05) is 13.2 Å². The molecule has 0 radical (unpaired) electrons. The Kier molecular flexibility index (Phi) is 3.95. The van der Waals surface area contributed by atoms with E-state index in [0.29, 0.717) is 0 Å². The Balaban J connectivity index is 0.000000200. The Hall–Kier alpha value is -1.28. The summed E-state index contributed by atoms with van der Waals surface area (Å²) < 4.78 is 4.50. The summed E-state index contributed by atoms with van der Waals surface area (Å²) in [5.41, 5.74) is 1.01. The van der Waals surface area contributed by atoms with Gasteiger partial charge in [-0.3, -0.25) is 0 Å². The smallest absolute Gasteiger partial charge is 0.0797 e. The second kappa shape index (κ2) is 5.38. The van der Waals surface area contributed by atoms with E-state index >= 15 is 0 Å². The molecule has 2 nitrogen and oxygen atoms in total. The number of ether oxygens (including phenoxy) is 1. The number of epoxide rings is 1. The van der Waals surface area contributed by atoms with Crippen LogP contribution >= 0.6 is 0 Å². The summed E-state index contributed by atoms with van der Waals surface area (Å²) >= 11 is 0. The molecule has 1 N–H and O–H groups in total. The van der Waals surface area contributed by atoms with Gasteiger partial charge in [-0.15, -0.1) is 0 Å². The molecule has 12 heavy (non-hydrogen) atoms. The second-order valence-corrected chi connectivity index (χ2v) is 2.34. The van der Waals surface area contributed by atoms with Gasteiger partial charge in [-0.2, -0.15) is 0 Å². The summed E-state index contributed by atoms with van der Waals surface area (Å²) in [6.45, 7) is 2.00. The van der Waals surface area contributed by atoms with E-state index in [9.17, 15) is 0 Å². The maximum atomic E-state index is 8.34. The molecule has 0 saturated carbocycles. The molecule has 0 unspecified atom stereocenters. The lowest BCUT2D eigenvalue weighted by Gasteiger charge is -1.86. The molecule has 0 aliphatic carbocycles. The highest BCUT2D eigenvalue weighted by atomic mass is 16.6. The monoisotopic (exact) mass is 164 g/mol. The summed E-state index contributed by atoms with van der Waals surface area (Å²) in [7, 11) is 0.